The summed E-state index contributed by atoms with van der Waals surface area (Å²) < 4.78 is 24.1. The van der Waals surface area contributed by atoms with Gasteiger partial charge in [-0.15, -0.1) is 0 Å². The van der Waals surface area contributed by atoms with Crippen molar-refractivity contribution in [2.75, 3.05) is 19.5 Å². The highest BCUT2D eigenvalue weighted by molar-refractivity contribution is 6.11. The van der Waals surface area contributed by atoms with E-state index in [2.05, 4.69) is 20.3 Å². The first-order chi connectivity index (χ1) is 14.6. The Hall–Kier alpha value is -3.94. The van der Waals surface area contributed by atoms with Gasteiger partial charge in [0.2, 0.25) is 5.88 Å². The van der Waals surface area contributed by atoms with Crippen molar-refractivity contribution in [3.63, 3.8) is 0 Å². The Balaban J connectivity index is 1.76. The van der Waals surface area contributed by atoms with Gasteiger partial charge >= 0.3 is 0 Å². The van der Waals surface area contributed by atoms with Gasteiger partial charge in [0.1, 0.15) is 17.6 Å². The highest BCUT2D eigenvalue weighted by Gasteiger charge is 2.26. The number of rotatable bonds is 7. The molecule has 152 valence electrons. The van der Waals surface area contributed by atoms with Crippen LogP contribution in [0.15, 0.2) is 61.1 Å². The number of aromatic amines is 1. The van der Waals surface area contributed by atoms with Gasteiger partial charge in [0.05, 0.1) is 32.3 Å². The van der Waals surface area contributed by atoms with Crippen LogP contribution in [0, 0.1) is 5.82 Å². The van der Waals surface area contributed by atoms with E-state index in [4.69, 9.17) is 9.47 Å². The van der Waals surface area contributed by atoms with Gasteiger partial charge in [-0.3, -0.25) is 9.78 Å². The molecule has 0 fully saturated rings. The molecule has 0 saturated carbocycles. The van der Waals surface area contributed by atoms with E-state index >= 15 is 0 Å². The van der Waals surface area contributed by atoms with Gasteiger partial charge < -0.3 is 19.8 Å². The lowest BCUT2D eigenvalue weighted by Crippen LogP contribution is -2.22. The Bertz CT molecular complexity index is 1190. The average Bonchev–Trinajstić information content (AvgIpc) is 3.20. The van der Waals surface area contributed by atoms with Gasteiger partial charge in [-0.2, -0.15) is 0 Å². The Kier molecular flexibility index (Phi) is 5.30. The van der Waals surface area contributed by atoms with Gasteiger partial charge in [-0.05, 0) is 30.3 Å². The number of ether oxygens (including phenoxy) is 2. The second kappa shape index (κ2) is 8.20. The third-order valence-electron chi connectivity index (χ3n) is 4.71. The van der Waals surface area contributed by atoms with Crippen LogP contribution >= 0.6 is 0 Å². The molecule has 4 rings (SSSR count). The van der Waals surface area contributed by atoms with Crippen molar-refractivity contribution in [3.05, 3.63) is 78.1 Å². The van der Waals surface area contributed by atoms with E-state index in [9.17, 15) is 9.18 Å². The molecule has 0 aliphatic carbocycles. The van der Waals surface area contributed by atoms with Crippen LogP contribution in [-0.2, 0) is 0 Å². The average molecular weight is 406 g/mol. The number of H-pyrrole nitrogens is 1. The molecule has 0 aliphatic heterocycles. The maximum atomic E-state index is 13.8. The maximum absolute atomic E-state index is 13.8. The Morgan fingerprint density at radius 3 is 2.70 bits per heavy atom. The van der Waals surface area contributed by atoms with Gasteiger partial charge in [-0.1, -0.05) is 6.07 Å². The molecule has 0 spiro atoms. The summed E-state index contributed by atoms with van der Waals surface area (Å²) in [7, 11) is 3.05. The summed E-state index contributed by atoms with van der Waals surface area (Å²) in [5.41, 5.74) is 2.08. The molecule has 4 aromatic rings. The zero-order valence-electron chi connectivity index (χ0n) is 16.3. The minimum absolute atomic E-state index is 0.283. The molecule has 1 atom stereocenters. The predicted molar refractivity (Wildman–Crippen MR) is 111 cm³/mol. The second-order valence-electron chi connectivity index (χ2n) is 6.55. The third-order valence-corrected chi connectivity index (χ3v) is 4.71. The second-order valence-corrected chi connectivity index (χ2v) is 6.55. The molecule has 0 amide bonds. The quantitative estimate of drug-likeness (QED) is 0.448. The van der Waals surface area contributed by atoms with E-state index in [1.165, 1.54) is 31.6 Å². The summed E-state index contributed by atoms with van der Waals surface area (Å²) >= 11 is 0. The molecular weight excluding hydrogens is 387 g/mol. The topological polar surface area (TPSA) is 89.1 Å². The Morgan fingerprint density at radius 1 is 1.10 bits per heavy atom. The van der Waals surface area contributed by atoms with Crippen molar-refractivity contribution in [2.24, 2.45) is 0 Å². The minimum atomic E-state index is -0.863. The highest BCUT2D eigenvalue weighted by Crippen LogP contribution is 2.28. The zero-order chi connectivity index (χ0) is 21.1. The van der Waals surface area contributed by atoms with Crippen LogP contribution < -0.4 is 14.8 Å². The number of Topliss-reactive ketones (excluding diaryl/α,β-unsaturated/α-hetero) is 1. The number of benzene rings is 2. The number of aromatic nitrogens is 3. The van der Waals surface area contributed by atoms with Crippen LogP contribution in [0.1, 0.15) is 22.1 Å². The van der Waals surface area contributed by atoms with E-state index in [-0.39, 0.29) is 5.78 Å². The number of carbonyl (C=O) groups excluding carboxylic acids is 1. The van der Waals surface area contributed by atoms with E-state index < -0.39 is 11.9 Å². The number of hydrogen-bond acceptors (Lipinski definition) is 6. The summed E-state index contributed by atoms with van der Waals surface area (Å²) in [5.74, 6) is 0.272. The van der Waals surface area contributed by atoms with Crippen molar-refractivity contribution in [3.8, 4) is 11.6 Å². The smallest absolute Gasteiger partial charge is 0.231 e. The Morgan fingerprint density at radius 2 is 1.97 bits per heavy atom. The third kappa shape index (κ3) is 3.80. The van der Waals surface area contributed by atoms with Crippen molar-refractivity contribution >= 4 is 22.4 Å². The van der Waals surface area contributed by atoms with Gasteiger partial charge in [0.15, 0.2) is 5.78 Å². The van der Waals surface area contributed by atoms with Crippen LogP contribution in [-0.4, -0.2) is 35.0 Å². The zero-order valence-corrected chi connectivity index (χ0v) is 16.3. The fourth-order valence-corrected chi connectivity index (χ4v) is 3.19. The number of fused-ring (bicyclic) bond motifs is 1. The summed E-state index contributed by atoms with van der Waals surface area (Å²) in [4.78, 5) is 25.0. The standard InChI is InChI=1S/C22H19FN4O3/c1-29-15-5-3-4-14(9-15)27-21(19-11-26-20(30-2)12-25-19)22(28)17-10-24-18-7-6-13(23)8-16(17)18/h3-12,21,24,27H,1-2H3. The number of anilines is 1. The van der Waals surface area contributed by atoms with Crippen molar-refractivity contribution < 1.29 is 18.7 Å². The molecule has 2 aromatic heterocycles. The molecule has 2 heterocycles. The maximum Gasteiger partial charge on any atom is 0.231 e. The first kappa shape index (κ1) is 19.4. The van der Waals surface area contributed by atoms with Crippen molar-refractivity contribution in [2.45, 2.75) is 6.04 Å². The number of halogens is 1. The van der Waals surface area contributed by atoms with Crippen LogP contribution in [0.5, 0.6) is 11.6 Å². The Labute approximate surface area is 171 Å². The van der Waals surface area contributed by atoms with Gasteiger partial charge in [-0.25, -0.2) is 9.37 Å². The number of carbonyl (C=O) groups is 1. The number of nitrogens with one attached hydrogen (secondary N) is 2. The molecule has 30 heavy (non-hydrogen) atoms. The van der Waals surface area contributed by atoms with Crippen LogP contribution in [0.2, 0.25) is 0 Å². The molecular formula is C22H19FN4O3. The highest BCUT2D eigenvalue weighted by atomic mass is 19.1. The van der Waals surface area contributed by atoms with Crippen LogP contribution in [0.4, 0.5) is 10.1 Å². The number of nitrogens with zero attached hydrogens (tertiary/aromatic N) is 2. The number of methoxy groups -OCH3 is 2. The monoisotopic (exact) mass is 406 g/mol. The largest absolute Gasteiger partial charge is 0.497 e. The molecule has 7 nitrogen and oxygen atoms in total. The molecule has 2 aromatic carbocycles. The first-order valence-corrected chi connectivity index (χ1v) is 9.16. The molecule has 0 aliphatic rings. The first-order valence-electron chi connectivity index (χ1n) is 9.16. The lowest BCUT2D eigenvalue weighted by atomic mass is 10.0. The predicted octanol–water partition coefficient (Wildman–Crippen LogP) is 4.15. The normalized spacial score (nSPS) is 11.8. The molecule has 1 unspecified atom stereocenters. The van der Waals surface area contributed by atoms with E-state index in [0.29, 0.717) is 39.5 Å². The molecule has 0 bridgehead atoms. The molecule has 0 saturated heterocycles. The van der Waals surface area contributed by atoms with E-state index in [0.717, 1.165) is 0 Å². The summed E-state index contributed by atoms with van der Waals surface area (Å²) in [6.07, 6.45) is 4.49. The fourth-order valence-electron chi connectivity index (χ4n) is 3.19. The molecule has 2 N–H and O–H groups in total. The SMILES string of the molecule is COc1cccc(NC(C(=O)c2c[nH]c3ccc(F)cc23)c2cnc(OC)cn2)c1. The van der Waals surface area contributed by atoms with Gasteiger partial charge in [0.25, 0.3) is 0 Å². The summed E-state index contributed by atoms with van der Waals surface area (Å²) in [5, 5.41) is 3.69. The molecule has 0 radical (unpaired) electrons. The number of ketones is 1. The van der Waals surface area contributed by atoms with Gasteiger partial charge in [0, 0.05) is 34.4 Å². The van der Waals surface area contributed by atoms with Crippen LogP contribution in [0.25, 0.3) is 10.9 Å². The summed E-state index contributed by atoms with van der Waals surface area (Å²) in [6.45, 7) is 0. The van der Waals surface area contributed by atoms with Crippen LogP contribution in [0.3, 0.4) is 0 Å². The fraction of sp³-hybridized carbons (Fsp3) is 0.136. The molecule has 8 heteroatoms. The summed E-state index contributed by atoms with van der Waals surface area (Å²) in [6, 6.07) is 10.6. The van der Waals surface area contributed by atoms with E-state index in [1.54, 1.807) is 31.5 Å². The van der Waals surface area contributed by atoms with E-state index in [1.807, 2.05) is 12.1 Å². The van der Waals surface area contributed by atoms with Crippen molar-refractivity contribution in [1.82, 2.24) is 15.0 Å². The number of hydrogen-bond donors (Lipinski definition) is 2. The minimum Gasteiger partial charge on any atom is -0.497 e. The lowest BCUT2D eigenvalue weighted by molar-refractivity contribution is 0.0969. The van der Waals surface area contributed by atoms with Crippen molar-refractivity contribution in [1.29, 1.82) is 0 Å². The lowest BCUT2D eigenvalue weighted by Gasteiger charge is -2.18.